The van der Waals surface area contributed by atoms with Gasteiger partial charge in [-0.05, 0) is 66.9 Å². The fourth-order valence-electron chi connectivity index (χ4n) is 7.91. The van der Waals surface area contributed by atoms with Crippen LogP contribution in [0.25, 0.3) is 0 Å². The third-order valence-electron chi connectivity index (χ3n) is 9.59. The van der Waals surface area contributed by atoms with Crippen LogP contribution in [-0.4, -0.2) is 47.1 Å². The van der Waals surface area contributed by atoms with E-state index in [0.29, 0.717) is 5.92 Å². The van der Waals surface area contributed by atoms with Gasteiger partial charge in [-0.1, -0.05) is 53.7 Å². The van der Waals surface area contributed by atoms with Crippen LogP contribution in [-0.2, 0) is 23.8 Å². The summed E-state index contributed by atoms with van der Waals surface area (Å²) in [6, 6.07) is 0. The van der Waals surface area contributed by atoms with Crippen molar-refractivity contribution in [2.45, 2.75) is 98.8 Å². The highest BCUT2D eigenvalue weighted by atomic mass is 16.7. The number of hydrogen-bond acceptors (Lipinski definition) is 6. The lowest BCUT2D eigenvalue weighted by molar-refractivity contribution is -0.304. The van der Waals surface area contributed by atoms with Crippen LogP contribution >= 0.6 is 0 Å². The lowest BCUT2D eigenvalue weighted by atomic mass is 9.59. The second kappa shape index (κ2) is 7.29. The van der Waals surface area contributed by atoms with Gasteiger partial charge in [0, 0.05) is 5.92 Å². The first-order valence-electron chi connectivity index (χ1n) is 13.1. The summed E-state index contributed by atoms with van der Waals surface area (Å²) in [5.74, 6) is -1.13. The van der Waals surface area contributed by atoms with Crippen LogP contribution in [0, 0.1) is 39.9 Å². The summed E-state index contributed by atoms with van der Waals surface area (Å²) in [6.45, 7) is 18.3. The number of rotatable bonds is 2. The van der Waals surface area contributed by atoms with Crippen molar-refractivity contribution in [3.05, 3.63) is 23.3 Å². The molecule has 0 unspecified atom stereocenters. The maximum atomic E-state index is 14.6. The van der Waals surface area contributed by atoms with Crippen LogP contribution < -0.4 is 0 Å². The highest BCUT2D eigenvalue weighted by Gasteiger charge is 2.77. The van der Waals surface area contributed by atoms with Crippen molar-refractivity contribution in [1.29, 1.82) is 0 Å². The van der Waals surface area contributed by atoms with Gasteiger partial charge in [-0.25, -0.2) is 0 Å². The number of carbonyl (C=O) groups excluding carboxylic acids is 2. The first-order chi connectivity index (χ1) is 16.0. The Kier molecular flexibility index (Phi) is 5.24. The normalized spacial score (nSPS) is 45.1. The molecule has 1 heterocycles. The number of allylic oxidation sites excluding steroid dienone is 1. The molecular formula is C29H42O6. The Hall–Kier alpha value is -1.50. The van der Waals surface area contributed by atoms with Crippen LogP contribution in [0.1, 0.15) is 75.2 Å². The molecule has 0 aromatic rings. The van der Waals surface area contributed by atoms with Gasteiger partial charge in [0.05, 0.1) is 18.4 Å². The lowest BCUT2D eigenvalue weighted by Crippen LogP contribution is -2.68. The smallest absolute Gasteiger partial charge is 0.307 e. The van der Waals surface area contributed by atoms with Crippen molar-refractivity contribution >= 4 is 11.8 Å². The molecule has 4 aliphatic carbocycles. The van der Waals surface area contributed by atoms with Gasteiger partial charge >= 0.3 is 5.97 Å². The van der Waals surface area contributed by atoms with E-state index in [1.807, 2.05) is 53.7 Å². The third kappa shape index (κ3) is 3.39. The molecule has 5 rings (SSSR count). The lowest BCUT2D eigenvalue weighted by Gasteiger charge is -2.52. The predicted molar refractivity (Wildman–Crippen MR) is 131 cm³/mol. The Morgan fingerprint density at radius 3 is 2.51 bits per heavy atom. The van der Waals surface area contributed by atoms with E-state index in [4.69, 9.17) is 14.2 Å². The minimum Gasteiger partial charge on any atom is -0.455 e. The van der Waals surface area contributed by atoms with Gasteiger partial charge in [-0.3, -0.25) is 9.59 Å². The van der Waals surface area contributed by atoms with E-state index in [-0.39, 0.29) is 53.4 Å². The number of ketones is 1. The Morgan fingerprint density at radius 1 is 1.23 bits per heavy atom. The molecule has 6 heteroatoms. The van der Waals surface area contributed by atoms with E-state index < -0.39 is 29.0 Å². The van der Waals surface area contributed by atoms with E-state index in [9.17, 15) is 14.7 Å². The zero-order valence-corrected chi connectivity index (χ0v) is 22.7. The number of carbonyl (C=O) groups is 2. The molecule has 194 valence electrons. The first-order valence-corrected chi connectivity index (χ1v) is 13.1. The van der Waals surface area contributed by atoms with Gasteiger partial charge < -0.3 is 19.3 Å². The standard InChI is InChI=1S/C29H42O6/c1-15-12-28-16(2)10-19-21(26(19,6)7)18(22(28)31)11-17-14-33-27(8,9)35-24(17)29(28,32)23(15)34-20(30)13-25(3,4)5/h11-12,16,18-19,21,23-24,32H,10,13-14H2,1-9H3/t16-,18+,19-,21+,23+,24-,28+,29-/m1/s1. The predicted octanol–water partition coefficient (Wildman–Crippen LogP) is 4.60. The van der Waals surface area contributed by atoms with Gasteiger partial charge in [0.2, 0.25) is 0 Å². The van der Waals surface area contributed by atoms with Crippen molar-refractivity contribution in [1.82, 2.24) is 0 Å². The van der Waals surface area contributed by atoms with Crippen molar-refractivity contribution in [2.75, 3.05) is 6.61 Å². The molecule has 0 aromatic heterocycles. The zero-order chi connectivity index (χ0) is 25.9. The fraction of sp³-hybridized carbons (Fsp3) is 0.793. The SMILES string of the molecule is CC1=C[C@]23C(=O)[C@@H](C=C4COC(C)(C)O[C@H]4[C@]2(O)[C@H]1OC(=O)CC(C)(C)C)[C@H]1[C@@H](C[C@H]3C)C1(C)C. The first kappa shape index (κ1) is 25.2. The molecule has 5 aliphatic rings. The third-order valence-corrected chi connectivity index (χ3v) is 9.59. The average molecular weight is 487 g/mol. The molecular weight excluding hydrogens is 444 g/mol. The summed E-state index contributed by atoms with van der Waals surface area (Å²) in [7, 11) is 0. The Labute approximate surface area is 209 Å². The highest BCUT2D eigenvalue weighted by molar-refractivity contribution is 5.95. The van der Waals surface area contributed by atoms with Gasteiger partial charge in [0.1, 0.15) is 6.10 Å². The fourth-order valence-corrected chi connectivity index (χ4v) is 7.91. The van der Waals surface area contributed by atoms with Gasteiger partial charge in [0.25, 0.3) is 0 Å². The second-order valence-corrected chi connectivity index (χ2v) is 14.1. The van der Waals surface area contributed by atoms with Crippen LogP contribution in [0.2, 0.25) is 0 Å². The quantitative estimate of drug-likeness (QED) is 0.454. The molecule has 1 aliphatic heterocycles. The minimum atomic E-state index is -1.75. The van der Waals surface area contributed by atoms with Crippen LogP contribution in [0.5, 0.6) is 0 Å². The molecule has 2 saturated carbocycles. The summed E-state index contributed by atoms with van der Waals surface area (Å²) >= 11 is 0. The number of ether oxygens (including phenoxy) is 3. The van der Waals surface area contributed by atoms with Crippen molar-refractivity contribution < 1.29 is 28.9 Å². The molecule has 0 aromatic carbocycles. The largest absolute Gasteiger partial charge is 0.455 e. The van der Waals surface area contributed by atoms with Crippen molar-refractivity contribution in [3.63, 3.8) is 0 Å². The van der Waals surface area contributed by atoms with E-state index in [1.54, 1.807) is 0 Å². The number of Topliss-reactive ketones (excluding diaryl/α,β-unsaturated/α-hetero) is 1. The molecule has 1 saturated heterocycles. The van der Waals surface area contributed by atoms with Gasteiger partial charge in [0.15, 0.2) is 23.3 Å². The van der Waals surface area contributed by atoms with E-state index >= 15 is 0 Å². The summed E-state index contributed by atoms with van der Waals surface area (Å²) in [5, 5.41) is 12.9. The Morgan fingerprint density at radius 2 is 1.89 bits per heavy atom. The van der Waals surface area contributed by atoms with Crippen LogP contribution in [0.3, 0.4) is 0 Å². The molecule has 1 N–H and O–H groups in total. The molecule has 3 fully saturated rings. The Balaban J connectivity index is 1.68. The van der Waals surface area contributed by atoms with Crippen LogP contribution in [0.4, 0.5) is 0 Å². The molecule has 35 heavy (non-hydrogen) atoms. The zero-order valence-electron chi connectivity index (χ0n) is 22.7. The number of aliphatic hydroxyl groups is 1. The summed E-state index contributed by atoms with van der Waals surface area (Å²) in [6.07, 6.45) is 3.23. The minimum absolute atomic E-state index is 0.0302. The molecule has 2 bridgehead atoms. The topological polar surface area (TPSA) is 82.1 Å². The maximum Gasteiger partial charge on any atom is 0.307 e. The van der Waals surface area contributed by atoms with Crippen molar-refractivity contribution in [3.8, 4) is 0 Å². The molecule has 0 amide bonds. The number of fused-ring (bicyclic) bond motifs is 5. The Bertz CT molecular complexity index is 1030. The maximum absolute atomic E-state index is 14.6. The molecule has 6 nitrogen and oxygen atoms in total. The average Bonchev–Trinajstić information content (AvgIpc) is 3.19. The van der Waals surface area contributed by atoms with E-state index in [2.05, 4.69) is 20.8 Å². The highest BCUT2D eigenvalue weighted by Crippen LogP contribution is 2.72. The summed E-state index contributed by atoms with van der Waals surface area (Å²) < 4.78 is 18.5. The van der Waals surface area contributed by atoms with E-state index in [0.717, 1.165) is 17.6 Å². The van der Waals surface area contributed by atoms with E-state index in [1.165, 1.54) is 0 Å². The summed E-state index contributed by atoms with van der Waals surface area (Å²) in [4.78, 5) is 27.7. The second-order valence-electron chi connectivity index (χ2n) is 14.1. The molecule has 1 spiro atoms. The van der Waals surface area contributed by atoms with Gasteiger partial charge in [-0.2, -0.15) is 0 Å². The molecule has 0 radical (unpaired) electrons. The van der Waals surface area contributed by atoms with Crippen molar-refractivity contribution in [2.24, 2.45) is 39.9 Å². The molecule has 8 atom stereocenters. The number of hydrogen-bond donors (Lipinski definition) is 1. The van der Waals surface area contributed by atoms with Gasteiger partial charge in [-0.15, -0.1) is 0 Å². The number of esters is 1. The monoisotopic (exact) mass is 486 g/mol. The van der Waals surface area contributed by atoms with Crippen LogP contribution in [0.15, 0.2) is 23.3 Å². The summed E-state index contributed by atoms with van der Waals surface area (Å²) in [5.41, 5.74) is -1.64.